The number of thiazole rings is 1. The number of esters is 2. The number of benzene rings is 2. The molecule has 9 nitrogen and oxygen atoms in total. The van der Waals surface area contributed by atoms with E-state index in [1.165, 1.54) is 32.7 Å². The third-order valence-corrected chi connectivity index (χ3v) is 6.81. The fraction of sp³-hybridized carbons (Fsp3) is 0.259. The number of nitrogens with zero attached hydrogens (tertiary/aromatic N) is 2. The van der Waals surface area contributed by atoms with Crippen LogP contribution in [0.25, 0.3) is 6.08 Å². The molecule has 0 fully saturated rings. The van der Waals surface area contributed by atoms with Crippen molar-refractivity contribution in [2.75, 3.05) is 27.9 Å². The Bertz CT molecular complexity index is 1540. The first-order valence-corrected chi connectivity index (χ1v) is 12.3. The Kier molecular flexibility index (Phi) is 7.88. The number of rotatable bonds is 8. The molecule has 0 unspecified atom stereocenters. The summed E-state index contributed by atoms with van der Waals surface area (Å²) < 4.78 is 22.5. The van der Waals surface area contributed by atoms with Crippen molar-refractivity contribution >= 4 is 29.4 Å². The summed E-state index contributed by atoms with van der Waals surface area (Å²) in [6, 6.07) is 13.8. The number of hydrogen-bond acceptors (Lipinski definition) is 9. The number of carbonyl (C=O) groups excluding carboxylic acids is 2. The average molecular weight is 523 g/mol. The second-order valence-corrected chi connectivity index (χ2v) is 8.98. The molecule has 1 aliphatic heterocycles. The molecule has 2 aromatic carbocycles. The molecule has 0 bridgehead atoms. The van der Waals surface area contributed by atoms with Gasteiger partial charge in [0.2, 0.25) is 0 Å². The molecule has 3 aromatic rings. The van der Waals surface area contributed by atoms with Crippen LogP contribution < -0.4 is 24.4 Å². The first-order chi connectivity index (χ1) is 17.9. The molecular formula is C27H26N2O7S. The van der Waals surface area contributed by atoms with E-state index in [1.54, 1.807) is 28.8 Å². The smallest absolute Gasteiger partial charge is 0.343 e. The van der Waals surface area contributed by atoms with Crippen LogP contribution in [0.2, 0.25) is 0 Å². The average Bonchev–Trinajstić information content (AvgIpc) is 3.24. The Labute approximate surface area is 216 Å². The predicted molar refractivity (Wildman–Crippen MR) is 137 cm³/mol. The number of allylic oxidation sites excluding steroid dienone is 1. The normalized spacial score (nSPS) is 15.0. The van der Waals surface area contributed by atoms with Crippen molar-refractivity contribution in [3.05, 3.63) is 90.6 Å². The lowest BCUT2D eigenvalue weighted by Crippen LogP contribution is -2.40. The number of hydrogen-bond donors (Lipinski definition) is 0. The highest BCUT2D eigenvalue weighted by atomic mass is 32.1. The predicted octanol–water partition coefficient (Wildman–Crippen LogP) is 2.36. The molecule has 1 aromatic heterocycles. The van der Waals surface area contributed by atoms with Crippen LogP contribution in [-0.2, 0) is 19.1 Å². The number of aromatic nitrogens is 1. The number of carbonyl (C=O) groups is 2. The largest absolute Gasteiger partial charge is 0.493 e. The van der Waals surface area contributed by atoms with Crippen molar-refractivity contribution in [3.63, 3.8) is 0 Å². The Morgan fingerprint density at radius 2 is 1.81 bits per heavy atom. The number of fused-ring (bicyclic) bond motifs is 1. The summed E-state index contributed by atoms with van der Waals surface area (Å²) >= 11 is 1.24. The van der Waals surface area contributed by atoms with Gasteiger partial charge in [0.1, 0.15) is 0 Å². The maximum Gasteiger partial charge on any atom is 0.343 e. The van der Waals surface area contributed by atoms with Gasteiger partial charge >= 0.3 is 11.9 Å². The van der Waals surface area contributed by atoms with Gasteiger partial charge in [-0.15, -0.1) is 0 Å². The Morgan fingerprint density at radius 3 is 2.46 bits per heavy atom. The minimum absolute atomic E-state index is 0.257. The van der Waals surface area contributed by atoms with Crippen LogP contribution in [0.5, 0.6) is 11.5 Å². The highest BCUT2D eigenvalue weighted by Gasteiger charge is 2.33. The van der Waals surface area contributed by atoms with Crippen molar-refractivity contribution < 1.29 is 28.5 Å². The first-order valence-electron chi connectivity index (χ1n) is 11.5. The summed E-state index contributed by atoms with van der Waals surface area (Å²) in [6.07, 6.45) is 2.23. The van der Waals surface area contributed by atoms with Crippen LogP contribution in [0.15, 0.2) is 69.6 Å². The van der Waals surface area contributed by atoms with Crippen LogP contribution in [0.3, 0.4) is 0 Å². The Hall–Kier alpha value is -4.18. The van der Waals surface area contributed by atoms with Gasteiger partial charge in [0.15, 0.2) is 22.9 Å². The SMILES string of the molecule is CCC1=C(C(=O)OC)[C@H](c2ccccc2)n2c(s/c(=C\c3ccc(OCC(=O)OC)c(OC)c3)c2=O)=N1. The molecule has 10 heteroatoms. The Morgan fingerprint density at radius 1 is 1.05 bits per heavy atom. The molecular weight excluding hydrogens is 496 g/mol. The van der Waals surface area contributed by atoms with Gasteiger partial charge in [0.25, 0.3) is 5.56 Å². The minimum atomic E-state index is -0.661. The van der Waals surface area contributed by atoms with Crippen LogP contribution in [-0.4, -0.2) is 44.4 Å². The summed E-state index contributed by atoms with van der Waals surface area (Å²) in [5, 5.41) is 0. The molecule has 1 atom stereocenters. The van der Waals surface area contributed by atoms with Gasteiger partial charge < -0.3 is 18.9 Å². The van der Waals surface area contributed by atoms with Crippen LogP contribution in [0.4, 0.5) is 0 Å². The molecule has 0 radical (unpaired) electrons. The summed E-state index contributed by atoms with van der Waals surface area (Å²) in [6.45, 7) is 1.65. The van der Waals surface area contributed by atoms with Gasteiger partial charge in [-0.1, -0.05) is 54.7 Å². The standard InChI is InChI=1S/C27H26N2O7S/c1-5-18-23(26(32)35-4)24(17-9-7-6-8-10-17)29-25(31)21(37-27(29)28-18)14-16-11-12-19(20(13-16)33-2)36-15-22(30)34-3/h6-14,24H,5,15H2,1-4H3/b21-14-/t24-/m0/s1. The molecule has 0 spiro atoms. The molecule has 1 aliphatic rings. The van der Waals surface area contributed by atoms with E-state index in [0.29, 0.717) is 44.1 Å². The van der Waals surface area contributed by atoms with Crippen molar-refractivity contribution in [1.29, 1.82) is 0 Å². The molecule has 2 heterocycles. The third-order valence-electron chi connectivity index (χ3n) is 5.82. The van der Waals surface area contributed by atoms with Crippen molar-refractivity contribution in [2.45, 2.75) is 19.4 Å². The maximum atomic E-state index is 13.7. The zero-order valence-corrected chi connectivity index (χ0v) is 21.7. The van der Waals surface area contributed by atoms with Gasteiger partial charge in [0.05, 0.1) is 43.2 Å². The van der Waals surface area contributed by atoms with E-state index >= 15 is 0 Å². The monoisotopic (exact) mass is 522 g/mol. The lowest BCUT2D eigenvalue weighted by atomic mass is 9.95. The van der Waals surface area contributed by atoms with Gasteiger partial charge in [-0.3, -0.25) is 9.36 Å². The van der Waals surface area contributed by atoms with Gasteiger partial charge in [0, 0.05) is 0 Å². The fourth-order valence-electron chi connectivity index (χ4n) is 4.06. The van der Waals surface area contributed by atoms with Crippen LogP contribution >= 0.6 is 11.3 Å². The van der Waals surface area contributed by atoms with Crippen molar-refractivity contribution in [1.82, 2.24) is 4.57 Å². The van der Waals surface area contributed by atoms with Crippen molar-refractivity contribution in [3.8, 4) is 11.5 Å². The Balaban J connectivity index is 1.84. The zero-order chi connectivity index (χ0) is 26.5. The van der Waals surface area contributed by atoms with Crippen molar-refractivity contribution in [2.24, 2.45) is 4.99 Å². The number of methoxy groups -OCH3 is 3. The zero-order valence-electron chi connectivity index (χ0n) is 20.8. The van der Waals surface area contributed by atoms with E-state index in [1.807, 2.05) is 37.3 Å². The number of ether oxygens (including phenoxy) is 4. The molecule has 37 heavy (non-hydrogen) atoms. The fourth-order valence-corrected chi connectivity index (χ4v) is 5.07. The van der Waals surface area contributed by atoms with Gasteiger partial charge in [-0.2, -0.15) is 0 Å². The summed E-state index contributed by atoms with van der Waals surface area (Å²) in [5.41, 5.74) is 2.13. The van der Waals surface area contributed by atoms with E-state index < -0.39 is 18.0 Å². The van der Waals surface area contributed by atoms with E-state index in [4.69, 9.17) is 14.2 Å². The summed E-state index contributed by atoms with van der Waals surface area (Å²) in [4.78, 5) is 43.1. The first kappa shape index (κ1) is 25.9. The summed E-state index contributed by atoms with van der Waals surface area (Å²) in [7, 11) is 4.09. The molecule has 0 N–H and O–H groups in total. The second kappa shape index (κ2) is 11.3. The van der Waals surface area contributed by atoms with Crippen LogP contribution in [0, 0.1) is 0 Å². The quantitative estimate of drug-likeness (QED) is 0.418. The lowest BCUT2D eigenvalue weighted by Gasteiger charge is -2.25. The molecule has 192 valence electrons. The molecule has 0 saturated carbocycles. The second-order valence-electron chi connectivity index (χ2n) is 7.97. The maximum absolute atomic E-state index is 13.7. The molecule has 0 amide bonds. The molecule has 0 aliphatic carbocycles. The van der Waals surface area contributed by atoms with E-state index in [0.717, 1.165) is 5.56 Å². The topological polar surface area (TPSA) is 105 Å². The highest BCUT2D eigenvalue weighted by molar-refractivity contribution is 7.07. The van der Waals surface area contributed by atoms with Gasteiger partial charge in [-0.05, 0) is 35.8 Å². The molecule has 0 saturated heterocycles. The van der Waals surface area contributed by atoms with E-state index in [9.17, 15) is 14.4 Å². The lowest BCUT2D eigenvalue weighted by molar-refractivity contribution is -0.143. The minimum Gasteiger partial charge on any atom is -0.493 e. The van der Waals surface area contributed by atoms with Crippen LogP contribution in [0.1, 0.15) is 30.5 Å². The van der Waals surface area contributed by atoms with E-state index in [-0.39, 0.29) is 12.2 Å². The summed E-state index contributed by atoms with van der Waals surface area (Å²) in [5.74, 6) is -0.270. The molecule has 4 rings (SSSR count). The third kappa shape index (κ3) is 5.19. The van der Waals surface area contributed by atoms with Gasteiger partial charge in [-0.25, -0.2) is 14.6 Å². The highest BCUT2D eigenvalue weighted by Crippen LogP contribution is 2.32. The van der Waals surface area contributed by atoms with E-state index in [2.05, 4.69) is 9.73 Å².